The van der Waals surface area contributed by atoms with Crippen LogP contribution in [0.1, 0.15) is 35.3 Å². The molecule has 224 valence electrons. The second-order valence-electron chi connectivity index (χ2n) is 12.0. The van der Waals surface area contributed by atoms with Crippen molar-refractivity contribution < 1.29 is 24.2 Å². The first-order valence-corrected chi connectivity index (χ1v) is 14.6. The van der Waals surface area contributed by atoms with Gasteiger partial charge in [0.2, 0.25) is 11.8 Å². The van der Waals surface area contributed by atoms with Crippen molar-refractivity contribution in [2.24, 2.45) is 11.3 Å². The number of aliphatic hydroxyl groups is 1. The number of barbiturate groups is 1. The molecular weight excluding hydrogens is 548 g/mol. The number of hydrogen-bond donors (Lipinski definition) is 1. The molecule has 10 heteroatoms. The van der Waals surface area contributed by atoms with Crippen LogP contribution >= 0.6 is 0 Å². The monoisotopic (exact) mass is 584 g/mol. The van der Waals surface area contributed by atoms with E-state index in [1.165, 1.54) is 14.1 Å². The number of likely N-dealkylation sites (tertiary alicyclic amines) is 1. The summed E-state index contributed by atoms with van der Waals surface area (Å²) >= 11 is 0. The summed E-state index contributed by atoms with van der Waals surface area (Å²) in [4.78, 5) is 57.2. The van der Waals surface area contributed by atoms with E-state index in [1.54, 1.807) is 24.3 Å². The molecule has 2 saturated heterocycles. The highest BCUT2D eigenvalue weighted by Gasteiger charge is 2.56. The molecule has 0 spiro atoms. The Kier molecular flexibility index (Phi) is 7.66. The molecule has 6 rings (SSSR count). The molecular formula is C33H36N4O6. The highest BCUT2D eigenvalue weighted by Crippen LogP contribution is 2.39. The lowest BCUT2D eigenvalue weighted by molar-refractivity contribution is -0.159. The molecule has 0 radical (unpaired) electrons. The number of amides is 4. The van der Waals surface area contributed by atoms with Gasteiger partial charge in [0.25, 0.3) is 5.56 Å². The largest absolute Gasteiger partial charge is 0.491 e. The third-order valence-electron chi connectivity index (χ3n) is 9.07. The van der Waals surface area contributed by atoms with E-state index in [-0.39, 0.29) is 37.0 Å². The Balaban J connectivity index is 1.23. The average Bonchev–Trinajstić information content (AvgIpc) is 3.02. The Morgan fingerprint density at radius 2 is 1.56 bits per heavy atom. The van der Waals surface area contributed by atoms with Crippen LogP contribution < -0.4 is 10.3 Å². The number of nitrogens with zero attached hydrogens (tertiary/aromatic N) is 4. The standard InChI is InChI=1S/C33H36N4O6/c1-34-30(40)33(31(41)35(2)32(34)42,21-36-17-23-15-25(19-36)27-9-6-10-29(39)37(27)18-23)16-22-11-13-26(14-12-22)43-20-28(38)24-7-4-3-5-8-24/h3-14,23,25,28,38H,15-21H2,1-2H3. The van der Waals surface area contributed by atoms with Crippen LogP contribution in [0.5, 0.6) is 5.75 Å². The molecule has 4 heterocycles. The van der Waals surface area contributed by atoms with Crippen molar-refractivity contribution >= 4 is 17.8 Å². The van der Waals surface area contributed by atoms with Crippen molar-refractivity contribution in [1.29, 1.82) is 0 Å². The lowest BCUT2D eigenvalue weighted by Crippen LogP contribution is -2.67. The van der Waals surface area contributed by atoms with E-state index in [9.17, 15) is 24.3 Å². The fourth-order valence-corrected chi connectivity index (χ4v) is 6.98. The molecule has 10 nitrogen and oxygen atoms in total. The molecule has 3 unspecified atom stereocenters. The zero-order valence-corrected chi connectivity index (χ0v) is 24.4. The van der Waals surface area contributed by atoms with Gasteiger partial charge >= 0.3 is 6.03 Å². The van der Waals surface area contributed by atoms with Crippen LogP contribution in [0.25, 0.3) is 0 Å². The second kappa shape index (κ2) is 11.4. The van der Waals surface area contributed by atoms with E-state index >= 15 is 0 Å². The van der Waals surface area contributed by atoms with Crippen molar-refractivity contribution in [1.82, 2.24) is 19.3 Å². The Morgan fingerprint density at radius 3 is 2.26 bits per heavy atom. The van der Waals surface area contributed by atoms with Crippen LogP contribution in [0, 0.1) is 11.3 Å². The van der Waals surface area contributed by atoms with Gasteiger partial charge in [-0.3, -0.25) is 24.2 Å². The number of ether oxygens (including phenoxy) is 1. The van der Waals surface area contributed by atoms with E-state index in [0.29, 0.717) is 25.4 Å². The zero-order valence-electron chi connectivity index (χ0n) is 24.4. The predicted molar refractivity (Wildman–Crippen MR) is 158 cm³/mol. The summed E-state index contributed by atoms with van der Waals surface area (Å²) in [5.74, 6) is -0.140. The third kappa shape index (κ3) is 5.36. The summed E-state index contributed by atoms with van der Waals surface area (Å²) in [6.45, 7) is 2.11. The Morgan fingerprint density at radius 1 is 0.860 bits per heavy atom. The SMILES string of the molecule is CN1C(=O)N(C)C(=O)C(Cc2ccc(OCC(O)c3ccccc3)cc2)(CN2CC3CC(C2)c2cccc(=O)n2C3)C1=O. The minimum absolute atomic E-state index is 0.00137. The van der Waals surface area contributed by atoms with Crippen LogP contribution in [-0.2, 0) is 22.6 Å². The zero-order chi connectivity index (χ0) is 30.3. The van der Waals surface area contributed by atoms with E-state index in [4.69, 9.17) is 4.74 Å². The quantitative estimate of drug-likeness (QED) is 0.405. The lowest BCUT2D eigenvalue weighted by Gasteiger charge is -2.48. The van der Waals surface area contributed by atoms with Gasteiger partial charge in [0.1, 0.15) is 23.9 Å². The summed E-state index contributed by atoms with van der Waals surface area (Å²) < 4.78 is 7.66. The van der Waals surface area contributed by atoms with Gasteiger partial charge in [-0.2, -0.15) is 0 Å². The molecule has 43 heavy (non-hydrogen) atoms. The molecule has 3 aliphatic rings. The number of hydrogen-bond acceptors (Lipinski definition) is 7. The Labute approximate surface area is 250 Å². The smallest absolute Gasteiger partial charge is 0.332 e. The molecule has 4 amide bonds. The fourth-order valence-electron chi connectivity index (χ4n) is 6.98. The van der Waals surface area contributed by atoms with Crippen molar-refractivity contribution in [2.45, 2.75) is 31.4 Å². The van der Waals surface area contributed by atoms with Crippen molar-refractivity contribution in [3.63, 3.8) is 0 Å². The van der Waals surface area contributed by atoms with Gasteiger partial charge in [-0.05, 0) is 48.1 Å². The number of carbonyl (C=O) groups is 3. The number of carbonyl (C=O) groups excluding carboxylic acids is 3. The summed E-state index contributed by atoms with van der Waals surface area (Å²) in [7, 11) is 2.84. The number of rotatable bonds is 8. The molecule has 3 aliphatic heterocycles. The van der Waals surface area contributed by atoms with Gasteiger partial charge in [-0.1, -0.05) is 48.5 Å². The van der Waals surface area contributed by atoms with Gasteiger partial charge in [0.15, 0.2) is 0 Å². The Hall–Kier alpha value is -4.28. The predicted octanol–water partition coefficient (Wildman–Crippen LogP) is 2.66. The van der Waals surface area contributed by atoms with Gasteiger partial charge in [0, 0.05) is 58.0 Å². The first-order chi connectivity index (χ1) is 20.7. The number of aliphatic hydroxyl groups excluding tert-OH is 1. The number of urea groups is 1. The highest BCUT2D eigenvalue weighted by atomic mass is 16.5. The van der Waals surface area contributed by atoms with E-state index in [1.807, 2.05) is 53.1 Å². The molecule has 2 aromatic carbocycles. The molecule has 3 aromatic rings. The maximum atomic E-state index is 13.9. The number of aromatic nitrogens is 1. The second-order valence-corrected chi connectivity index (χ2v) is 12.0. The number of pyridine rings is 1. The average molecular weight is 585 g/mol. The maximum Gasteiger partial charge on any atom is 0.332 e. The van der Waals surface area contributed by atoms with Crippen LogP contribution in [-0.4, -0.2) is 82.6 Å². The van der Waals surface area contributed by atoms with E-state index < -0.39 is 29.4 Å². The Bertz CT molecular complexity index is 1560. The topological polar surface area (TPSA) is 112 Å². The maximum absolute atomic E-state index is 13.9. The van der Waals surface area contributed by atoms with Crippen molar-refractivity contribution in [3.05, 3.63) is 100.0 Å². The first-order valence-electron chi connectivity index (χ1n) is 14.6. The number of piperidine rings is 1. The van der Waals surface area contributed by atoms with Crippen LogP contribution in [0.15, 0.2) is 77.6 Å². The molecule has 2 bridgehead atoms. The van der Waals surface area contributed by atoms with Gasteiger partial charge < -0.3 is 19.3 Å². The minimum Gasteiger partial charge on any atom is -0.491 e. The molecule has 1 aromatic heterocycles. The lowest BCUT2D eigenvalue weighted by atomic mass is 9.75. The molecule has 0 aliphatic carbocycles. The van der Waals surface area contributed by atoms with E-state index in [2.05, 4.69) is 4.90 Å². The molecule has 2 fully saturated rings. The molecule has 1 N–H and O–H groups in total. The van der Waals surface area contributed by atoms with Crippen LogP contribution in [0.4, 0.5) is 4.79 Å². The summed E-state index contributed by atoms with van der Waals surface area (Å²) in [5, 5.41) is 10.4. The van der Waals surface area contributed by atoms with Crippen LogP contribution in [0.3, 0.4) is 0 Å². The van der Waals surface area contributed by atoms with Gasteiger partial charge in [-0.25, -0.2) is 4.79 Å². The normalized spacial score (nSPS) is 22.3. The number of benzene rings is 2. The number of imide groups is 2. The van der Waals surface area contributed by atoms with Gasteiger partial charge in [0.05, 0.1) is 0 Å². The fraction of sp³-hybridized carbons (Fsp3) is 0.394. The number of fused-ring (bicyclic) bond motifs is 4. The highest BCUT2D eigenvalue weighted by molar-refractivity contribution is 6.19. The van der Waals surface area contributed by atoms with Crippen LogP contribution in [0.2, 0.25) is 0 Å². The first kappa shape index (κ1) is 28.8. The summed E-state index contributed by atoms with van der Waals surface area (Å²) in [5.41, 5.74) is 1.00. The summed E-state index contributed by atoms with van der Waals surface area (Å²) in [6.07, 6.45) is 0.287. The van der Waals surface area contributed by atoms with Crippen molar-refractivity contribution in [2.75, 3.05) is 40.3 Å². The summed E-state index contributed by atoms with van der Waals surface area (Å²) in [6, 6.07) is 21.1. The van der Waals surface area contributed by atoms with E-state index in [0.717, 1.165) is 33.0 Å². The molecule has 0 saturated carbocycles. The molecule has 3 atom stereocenters. The minimum atomic E-state index is -1.49. The van der Waals surface area contributed by atoms with Crippen molar-refractivity contribution in [3.8, 4) is 5.75 Å². The van der Waals surface area contributed by atoms with Gasteiger partial charge in [-0.15, -0.1) is 0 Å². The third-order valence-corrected chi connectivity index (χ3v) is 9.07.